The number of hydrogen-bond acceptors (Lipinski definition) is 2. The zero-order valence-corrected chi connectivity index (χ0v) is 11.4. The molecule has 0 atom stereocenters. The lowest BCUT2D eigenvalue weighted by Gasteiger charge is -2.08. The van der Waals surface area contributed by atoms with Gasteiger partial charge in [-0.15, -0.1) is 0 Å². The van der Waals surface area contributed by atoms with E-state index in [1.54, 1.807) is 19.2 Å². The van der Waals surface area contributed by atoms with Gasteiger partial charge in [0.2, 0.25) is 0 Å². The Bertz CT molecular complexity index is 396. The highest BCUT2D eigenvalue weighted by molar-refractivity contribution is 6.32. The molecule has 19 heavy (non-hydrogen) atoms. The van der Waals surface area contributed by atoms with E-state index in [2.05, 4.69) is 5.32 Å². The molecule has 0 heterocycles. The van der Waals surface area contributed by atoms with E-state index in [0.717, 1.165) is 5.56 Å². The Kier molecular flexibility index (Phi) is 6.45. The summed E-state index contributed by atoms with van der Waals surface area (Å²) in [5.41, 5.74) is 0.974. The molecule has 6 heteroatoms. The molecule has 0 aromatic heterocycles. The van der Waals surface area contributed by atoms with Gasteiger partial charge in [-0.3, -0.25) is 0 Å². The Hall–Kier alpha value is -0.940. The zero-order chi connectivity index (χ0) is 14.3. The van der Waals surface area contributed by atoms with Crippen LogP contribution in [0.3, 0.4) is 0 Å². The second-order valence-corrected chi connectivity index (χ2v) is 4.63. The van der Waals surface area contributed by atoms with Crippen molar-refractivity contribution in [3.8, 4) is 5.75 Å². The molecule has 2 nitrogen and oxygen atoms in total. The van der Waals surface area contributed by atoms with Crippen LogP contribution in [0.25, 0.3) is 0 Å². The van der Waals surface area contributed by atoms with Gasteiger partial charge in [0.1, 0.15) is 5.75 Å². The van der Waals surface area contributed by atoms with Crippen molar-refractivity contribution in [1.82, 2.24) is 5.32 Å². The number of alkyl halides is 3. The van der Waals surface area contributed by atoms with Crippen molar-refractivity contribution in [3.05, 3.63) is 28.8 Å². The van der Waals surface area contributed by atoms with Crippen molar-refractivity contribution >= 4 is 11.6 Å². The molecular formula is C13H17ClF3NO. The van der Waals surface area contributed by atoms with Gasteiger partial charge in [-0.1, -0.05) is 17.7 Å². The van der Waals surface area contributed by atoms with E-state index in [1.807, 2.05) is 6.07 Å². The summed E-state index contributed by atoms with van der Waals surface area (Å²) in [5, 5.41) is 3.61. The summed E-state index contributed by atoms with van der Waals surface area (Å²) in [5.74, 6) is 0.607. The van der Waals surface area contributed by atoms with Crippen molar-refractivity contribution in [2.45, 2.75) is 32.0 Å². The molecule has 0 fully saturated rings. The maximum Gasteiger partial charge on any atom is 0.389 e. The molecular weight excluding hydrogens is 279 g/mol. The molecule has 1 aromatic rings. The number of ether oxygens (including phenoxy) is 1. The quantitative estimate of drug-likeness (QED) is 0.762. The first kappa shape index (κ1) is 16.1. The molecule has 0 bridgehead atoms. The van der Waals surface area contributed by atoms with Crippen LogP contribution in [-0.2, 0) is 6.54 Å². The van der Waals surface area contributed by atoms with Crippen molar-refractivity contribution < 1.29 is 17.9 Å². The van der Waals surface area contributed by atoms with Gasteiger partial charge >= 0.3 is 6.18 Å². The van der Waals surface area contributed by atoms with Crippen LogP contribution in [0.15, 0.2) is 18.2 Å². The second kappa shape index (κ2) is 7.60. The Morgan fingerprint density at radius 3 is 2.58 bits per heavy atom. The predicted octanol–water partition coefficient (Wildman–Crippen LogP) is 4.17. The molecule has 0 aliphatic rings. The molecule has 0 saturated heterocycles. The average Bonchev–Trinajstić information content (AvgIpc) is 2.32. The molecule has 0 spiro atoms. The zero-order valence-electron chi connectivity index (χ0n) is 10.7. The van der Waals surface area contributed by atoms with Crippen LogP contribution < -0.4 is 10.1 Å². The molecule has 0 radical (unpaired) electrons. The van der Waals surface area contributed by atoms with Crippen LogP contribution in [-0.4, -0.2) is 19.8 Å². The van der Waals surface area contributed by atoms with Crippen LogP contribution in [0.2, 0.25) is 5.02 Å². The molecule has 0 aliphatic carbocycles. The standard InChI is InChI=1S/C13H17ClF3NO/c1-19-12-5-4-10(8-11(12)14)9-18-7-3-2-6-13(15,16)17/h4-5,8,18H,2-3,6-7,9H2,1H3. The molecule has 1 rings (SSSR count). The molecule has 0 saturated carbocycles. The van der Waals surface area contributed by atoms with Crippen molar-refractivity contribution in [2.75, 3.05) is 13.7 Å². The summed E-state index contributed by atoms with van der Waals surface area (Å²) in [6, 6.07) is 5.42. The number of halogens is 4. The first-order chi connectivity index (χ1) is 8.92. The van der Waals surface area contributed by atoms with Crippen molar-refractivity contribution in [1.29, 1.82) is 0 Å². The topological polar surface area (TPSA) is 21.3 Å². The van der Waals surface area contributed by atoms with E-state index in [9.17, 15) is 13.2 Å². The first-order valence-corrected chi connectivity index (χ1v) is 6.40. The third-order valence-corrected chi connectivity index (χ3v) is 2.90. The summed E-state index contributed by atoms with van der Waals surface area (Å²) in [6.07, 6.45) is -4.12. The van der Waals surface area contributed by atoms with E-state index >= 15 is 0 Å². The fourth-order valence-corrected chi connectivity index (χ4v) is 1.91. The lowest BCUT2D eigenvalue weighted by Crippen LogP contribution is -2.15. The molecule has 108 valence electrons. The van der Waals surface area contributed by atoms with Gasteiger partial charge in [0.25, 0.3) is 0 Å². The summed E-state index contributed by atoms with van der Waals surface area (Å²) in [6.45, 7) is 1.13. The Morgan fingerprint density at radius 1 is 1.26 bits per heavy atom. The minimum atomic E-state index is -4.05. The van der Waals surface area contributed by atoms with Crippen LogP contribution in [0, 0.1) is 0 Å². The minimum Gasteiger partial charge on any atom is -0.495 e. The SMILES string of the molecule is COc1ccc(CNCCCCC(F)(F)F)cc1Cl. The minimum absolute atomic E-state index is 0.153. The number of methoxy groups -OCH3 is 1. The normalized spacial score (nSPS) is 11.6. The van der Waals surface area contributed by atoms with E-state index in [1.165, 1.54) is 0 Å². The van der Waals surface area contributed by atoms with Crippen LogP contribution >= 0.6 is 11.6 Å². The summed E-state index contributed by atoms with van der Waals surface area (Å²) in [7, 11) is 1.54. The average molecular weight is 296 g/mol. The highest BCUT2D eigenvalue weighted by Gasteiger charge is 2.25. The predicted molar refractivity (Wildman–Crippen MR) is 69.6 cm³/mol. The summed E-state index contributed by atoms with van der Waals surface area (Å²) < 4.78 is 40.7. The maximum absolute atomic E-state index is 11.9. The fraction of sp³-hybridized carbons (Fsp3) is 0.538. The Labute approximate surface area is 115 Å². The van der Waals surface area contributed by atoms with Gasteiger partial charge in [0.05, 0.1) is 12.1 Å². The van der Waals surface area contributed by atoms with E-state index < -0.39 is 12.6 Å². The van der Waals surface area contributed by atoms with Crippen molar-refractivity contribution in [2.24, 2.45) is 0 Å². The van der Waals surface area contributed by atoms with Gasteiger partial charge in [0.15, 0.2) is 0 Å². The third kappa shape index (κ3) is 6.68. The second-order valence-electron chi connectivity index (χ2n) is 4.22. The first-order valence-electron chi connectivity index (χ1n) is 6.02. The van der Waals surface area contributed by atoms with E-state index in [4.69, 9.17) is 16.3 Å². The van der Waals surface area contributed by atoms with Gasteiger partial charge < -0.3 is 10.1 Å². The third-order valence-electron chi connectivity index (χ3n) is 2.61. The number of nitrogens with one attached hydrogen (secondary N) is 1. The summed E-state index contributed by atoms with van der Waals surface area (Å²) >= 11 is 5.96. The molecule has 1 N–H and O–H groups in total. The van der Waals surface area contributed by atoms with Gasteiger partial charge in [0, 0.05) is 13.0 Å². The Balaban J connectivity index is 2.21. The Morgan fingerprint density at radius 2 is 2.00 bits per heavy atom. The largest absolute Gasteiger partial charge is 0.495 e. The van der Waals surface area contributed by atoms with Gasteiger partial charge in [-0.2, -0.15) is 13.2 Å². The van der Waals surface area contributed by atoms with Crippen LogP contribution in [0.1, 0.15) is 24.8 Å². The van der Waals surface area contributed by atoms with Gasteiger partial charge in [-0.05, 0) is 37.1 Å². The molecule has 0 amide bonds. The lowest BCUT2D eigenvalue weighted by atomic mass is 10.2. The lowest BCUT2D eigenvalue weighted by molar-refractivity contribution is -0.135. The van der Waals surface area contributed by atoms with Crippen LogP contribution in [0.5, 0.6) is 5.75 Å². The highest BCUT2D eigenvalue weighted by atomic mass is 35.5. The van der Waals surface area contributed by atoms with Crippen LogP contribution in [0.4, 0.5) is 13.2 Å². The highest BCUT2D eigenvalue weighted by Crippen LogP contribution is 2.25. The van der Waals surface area contributed by atoms with Crippen molar-refractivity contribution in [3.63, 3.8) is 0 Å². The van der Waals surface area contributed by atoms with E-state index in [-0.39, 0.29) is 6.42 Å². The number of rotatable bonds is 7. The maximum atomic E-state index is 11.9. The summed E-state index contributed by atoms with van der Waals surface area (Å²) in [4.78, 5) is 0. The van der Waals surface area contributed by atoms with Gasteiger partial charge in [-0.25, -0.2) is 0 Å². The molecule has 0 unspecified atom stereocenters. The molecule has 1 aromatic carbocycles. The molecule has 0 aliphatic heterocycles. The monoisotopic (exact) mass is 295 g/mol. The van der Waals surface area contributed by atoms with E-state index in [0.29, 0.717) is 30.3 Å². The number of hydrogen-bond donors (Lipinski definition) is 1. The fourth-order valence-electron chi connectivity index (χ4n) is 1.63. The smallest absolute Gasteiger partial charge is 0.389 e. The number of unbranched alkanes of at least 4 members (excludes halogenated alkanes) is 1. The number of benzene rings is 1.